The third-order valence-corrected chi connectivity index (χ3v) is 3.77. The monoisotopic (exact) mass is 322 g/mol. The molecular weight excluding hydrogens is 312 g/mol. The zero-order chi connectivity index (χ0) is 16.2. The van der Waals surface area contributed by atoms with Gasteiger partial charge in [0.1, 0.15) is 5.69 Å². The Bertz CT molecular complexity index is 790. The van der Waals surface area contributed by atoms with E-state index in [4.69, 9.17) is 5.11 Å². The number of sulfonamides is 1. The highest BCUT2D eigenvalue weighted by molar-refractivity contribution is 7.89. The summed E-state index contributed by atoms with van der Waals surface area (Å²) in [5, 5.41) is 8.75. The normalized spacial score (nSPS) is 10.9. The average molecular weight is 322 g/mol. The van der Waals surface area contributed by atoms with Crippen LogP contribution in [0.25, 0.3) is 0 Å². The molecule has 1 aromatic heterocycles. The zero-order valence-electron chi connectivity index (χ0n) is 10.9. The summed E-state index contributed by atoms with van der Waals surface area (Å²) < 4.78 is 23.9. The van der Waals surface area contributed by atoms with Crippen LogP contribution in [0.15, 0.2) is 47.8 Å². The van der Waals surface area contributed by atoms with Gasteiger partial charge >= 0.3 is 5.97 Å². The van der Waals surface area contributed by atoms with Crippen molar-refractivity contribution in [1.82, 2.24) is 20.2 Å². The first-order chi connectivity index (χ1) is 10.4. The van der Waals surface area contributed by atoms with E-state index < -0.39 is 21.9 Å². The van der Waals surface area contributed by atoms with Crippen LogP contribution in [0.5, 0.6) is 0 Å². The van der Waals surface area contributed by atoms with Crippen LogP contribution in [-0.2, 0) is 10.0 Å². The van der Waals surface area contributed by atoms with E-state index in [0.29, 0.717) is 0 Å². The molecule has 10 heteroatoms. The van der Waals surface area contributed by atoms with Crippen molar-refractivity contribution >= 4 is 21.9 Å². The van der Waals surface area contributed by atoms with E-state index in [-0.39, 0.29) is 16.2 Å². The second kappa shape index (κ2) is 6.28. The van der Waals surface area contributed by atoms with Crippen molar-refractivity contribution in [2.45, 2.75) is 4.90 Å². The number of benzene rings is 1. The summed E-state index contributed by atoms with van der Waals surface area (Å²) in [5.41, 5.74) is 1.86. The lowest BCUT2D eigenvalue weighted by Gasteiger charge is -2.08. The quantitative estimate of drug-likeness (QED) is 0.648. The summed E-state index contributed by atoms with van der Waals surface area (Å²) in [6, 6.07) is 4.50. The predicted octanol–water partition coefficient (Wildman–Crippen LogP) is -0.202. The number of carboxylic acid groups (broad SMARTS) is 1. The first-order valence-electron chi connectivity index (χ1n) is 5.82. The van der Waals surface area contributed by atoms with Gasteiger partial charge in [-0.05, 0) is 24.3 Å². The van der Waals surface area contributed by atoms with Gasteiger partial charge in [0.25, 0.3) is 15.9 Å². The number of carbonyl (C=O) groups excluding carboxylic acids is 1. The average Bonchev–Trinajstić information content (AvgIpc) is 2.53. The molecule has 0 aliphatic heterocycles. The van der Waals surface area contributed by atoms with Crippen LogP contribution in [0.2, 0.25) is 0 Å². The topological polar surface area (TPSA) is 138 Å². The van der Waals surface area contributed by atoms with Crippen molar-refractivity contribution in [3.8, 4) is 0 Å². The standard InChI is InChI=1S/C12H10N4O5S/c17-11(10-7-13-5-6-14-10)15-16-22(20,21)9-3-1-8(2-4-9)12(18)19/h1-7,16H,(H,15,17)(H,18,19). The lowest BCUT2D eigenvalue weighted by molar-refractivity contribution is 0.0696. The first-order valence-corrected chi connectivity index (χ1v) is 7.30. The molecule has 0 aliphatic rings. The fourth-order valence-electron chi connectivity index (χ4n) is 1.43. The van der Waals surface area contributed by atoms with Crippen LogP contribution in [0.1, 0.15) is 20.8 Å². The van der Waals surface area contributed by atoms with E-state index in [2.05, 4.69) is 9.97 Å². The summed E-state index contributed by atoms with van der Waals surface area (Å²) in [6.07, 6.45) is 3.82. The molecule has 2 rings (SSSR count). The predicted molar refractivity (Wildman–Crippen MR) is 73.2 cm³/mol. The number of hydrogen-bond donors (Lipinski definition) is 3. The Labute approximate surface area is 125 Å². The third kappa shape index (κ3) is 3.62. The van der Waals surface area contributed by atoms with E-state index in [1.807, 2.05) is 10.3 Å². The largest absolute Gasteiger partial charge is 0.478 e. The molecule has 22 heavy (non-hydrogen) atoms. The van der Waals surface area contributed by atoms with Gasteiger partial charge in [-0.25, -0.2) is 18.2 Å². The molecule has 114 valence electrons. The highest BCUT2D eigenvalue weighted by Gasteiger charge is 2.16. The van der Waals surface area contributed by atoms with Gasteiger partial charge in [0.15, 0.2) is 0 Å². The smallest absolute Gasteiger partial charge is 0.335 e. The molecule has 0 radical (unpaired) electrons. The van der Waals surface area contributed by atoms with Crippen LogP contribution in [-0.4, -0.2) is 35.4 Å². The highest BCUT2D eigenvalue weighted by atomic mass is 32.2. The molecule has 0 atom stereocenters. The van der Waals surface area contributed by atoms with Crippen molar-refractivity contribution in [2.24, 2.45) is 0 Å². The van der Waals surface area contributed by atoms with E-state index in [1.165, 1.54) is 18.6 Å². The van der Waals surface area contributed by atoms with Gasteiger partial charge in [-0.2, -0.15) is 0 Å². The minimum Gasteiger partial charge on any atom is -0.478 e. The molecular formula is C12H10N4O5S. The maximum atomic E-state index is 11.9. The van der Waals surface area contributed by atoms with Crippen LogP contribution in [0.3, 0.4) is 0 Å². The Balaban J connectivity index is 2.08. The number of carbonyl (C=O) groups is 2. The van der Waals surface area contributed by atoms with Crippen LogP contribution in [0, 0.1) is 0 Å². The minimum atomic E-state index is -4.03. The minimum absolute atomic E-state index is 0.0532. The van der Waals surface area contributed by atoms with E-state index in [0.717, 1.165) is 24.3 Å². The molecule has 1 aromatic carbocycles. The Morgan fingerprint density at radius 1 is 1.09 bits per heavy atom. The van der Waals surface area contributed by atoms with Gasteiger partial charge in [0.2, 0.25) is 0 Å². The van der Waals surface area contributed by atoms with Crippen LogP contribution < -0.4 is 10.3 Å². The van der Waals surface area contributed by atoms with Gasteiger partial charge in [0, 0.05) is 12.4 Å². The molecule has 3 N–H and O–H groups in total. The lowest BCUT2D eigenvalue weighted by Crippen LogP contribution is -2.41. The first kappa shape index (κ1) is 15.5. The molecule has 0 aliphatic carbocycles. The second-order valence-corrected chi connectivity index (χ2v) is 5.66. The highest BCUT2D eigenvalue weighted by Crippen LogP contribution is 2.10. The van der Waals surface area contributed by atoms with Crippen molar-refractivity contribution < 1.29 is 23.1 Å². The van der Waals surface area contributed by atoms with E-state index >= 15 is 0 Å². The molecule has 0 unspecified atom stereocenters. The Hall–Kier alpha value is -2.85. The molecule has 1 heterocycles. The number of hydrogen-bond acceptors (Lipinski definition) is 6. The number of aromatic nitrogens is 2. The third-order valence-electron chi connectivity index (χ3n) is 2.51. The molecule has 2 aromatic rings. The summed E-state index contributed by atoms with van der Waals surface area (Å²) in [7, 11) is -4.03. The van der Waals surface area contributed by atoms with Gasteiger partial charge in [-0.15, -0.1) is 4.83 Å². The Kier molecular flexibility index (Phi) is 4.44. The van der Waals surface area contributed by atoms with Crippen LogP contribution in [0.4, 0.5) is 0 Å². The number of amides is 1. The number of nitrogens with one attached hydrogen (secondary N) is 2. The van der Waals surface area contributed by atoms with Crippen LogP contribution >= 0.6 is 0 Å². The Morgan fingerprint density at radius 2 is 1.77 bits per heavy atom. The Morgan fingerprint density at radius 3 is 2.32 bits per heavy atom. The number of hydrazine groups is 1. The van der Waals surface area contributed by atoms with Gasteiger partial charge in [-0.1, -0.05) is 0 Å². The molecule has 0 saturated carbocycles. The molecule has 0 bridgehead atoms. The number of rotatable bonds is 5. The van der Waals surface area contributed by atoms with Crippen molar-refractivity contribution in [2.75, 3.05) is 0 Å². The molecule has 0 saturated heterocycles. The fourth-order valence-corrected chi connectivity index (χ4v) is 2.27. The summed E-state index contributed by atoms with van der Waals surface area (Å²) in [6.45, 7) is 0. The van der Waals surface area contributed by atoms with E-state index in [9.17, 15) is 18.0 Å². The van der Waals surface area contributed by atoms with Gasteiger partial charge in [-0.3, -0.25) is 15.2 Å². The fraction of sp³-hybridized carbons (Fsp3) is 0. The summed E-state index contributed by atoms with van der Waals surface area (Å²) >= 11 is 0. The van der Waals surface area contributed by atoms with Crippen molar-refractivity contribution in [1.29, 1.82) is 0 Å². The maximum absolute atomic E-state index is 11.9. The molecule has 0 fully saturated rings. The second-order valence-electron chi connectivity index (χ2n) is 3.98. The lowest BCUT2D eigenvalue weighted by atomic mass is 10.2. The number of carboxylic acids is 1. The summed E-state index contributed by atoms with van der Waals surface area (Å²) in [4.78, 5) is 31.4. The maximum Gasteiger partial charge on any atom is 0.335 e. The van der Waals surface area contributed by atoms with Crippen molar-refractivity contribution in [3.63, 3.8) is 0 Å². The van der Waals surface area contributed by atoms with Gasteiger partial charge in [0.05, 0.1) is 16.7 Å². The summed E-state index contributed by atoms with van der Waals surface area (Å²) in [5.74, 6) is -1.95. The zero-order valence-corrected chi connectivity index (χ0v) is 11.7. The molecule has 0 spiro atoms. The van der Waals surface area contributed by atoms with E-state index in [1.54, 1.807) is 0 Å². The number of nitrogens with zero attached hydrogens (tertiary/aromatic N) is 2. The SMILES string of the molecule is O=C(O)c1ccc(S(=O)(=O)NNC(=O)c2cnccn2)cc1. The number of aromatic carboxylic acids is 1. The molecule has 1 amide bonds. The van der Waals surface area contributed by atoms with Gasteiger partial charge < -0.3 is 5.11 Å². The van der Waals surface area contributed by atoms with Crippen molar-refractivity contribution in [3.05, 3.63) is 54.1 Å². The molecule has 9 nitrogen and oxygen atoms in total.